The minimum absolute atomic E-state index is 0.0624. The van der Waals surface area contributed by atoms with E-state index in [9.17, 15) is 8.42 Å². The van der Waals surface area contributed by atoms with Crippen molar-refractivity contribution in [2.45, 2.75) is 63.6 Å². The molecule has 0 spiro atoms. The van der Waals surface area contributed by atoms with Gasteiger partial charge in [-0.25, -0.2) is 8.42 Å². The van der Waals surface area contributed by atoms with Crippen LogP contribution in [0.25, 0.3) is 0 Å². The van der Waals surface area contributed by atoms with Crippen molar-refractivity contribution >= 4 is 10.0 Å². The van der Waals surface area contributed by atoms with Crippen LogP contribution < -0.4 is 5.32 Å². The number of nitrogens with one attached hydrogen (secondary N) is 1. The van der Waals surface area contributed by atoms with Crippen molar-refractivity contribution < 1.29 is 12.8 Å². The molecule has 2 atom stereocenters. The average Bonchev–Trinajstić information content (AvgIpc) is 3.06. The maximum absolute atomic E-state index is 12.8. The van der Waals surface area contributed by atoms with Crippen LogP contribution in [0.1, 0.15) is 44.6 Å². The Balaban J connectivity index is 1.81. The summed E-state index contributed by atoms with van der Waals surface area (Å²) in [5.41, 5.74) is 0. The average molecular weight is 312 g/mol. The SMILES string of the molecule is Cc1oc(CNC2CC2)cc1S(=O)(=O)N1CC(C)CC1C. The largest absolute Gasteiger partial charge is 0.464 e. The standard InChI is InChI=1S/C15H24N2O3S/c1-10-6-11(2)17(9-10)21(18,19)15-7-14(20-12(15)3)8-16-13-4-5-13/h7,10-11,13,16H,4-6,8-9H2,1-3H3. The Bertz CT molecular complexity index is 619. The van der Waals surface area contributed by atoms with Crippen LogP contribution in [-0.2, 0) is 16.6 Å². The van der Waals surface area contributed by atoms with Crippen molar-refractivity contribution in [3.63, 3.8) is 0 Å². The van der Waals surface area contributed by atoms with Crippen molar-refractivity contribution in [1.82, 2.24) is 9.62 Å². The van der Waals surface area contributed by atoms with Crippen LogP contribution in [-0.4, -0.2) is 31.4 Å². The lowest BCUT2D eigenvalue weighted by molar-refractivity contribution is 0.403. The Morgan fingerprint density at radius 2 is 2.10 bits per heavy atom. The number of nitrogens with zero attached hydrogens (tertiary/aromatic N) is 1. The van der Waals surface area contributed by atoms with Crippen LogP contribution in [0.15, 0.2) is 15.4 Å². The van der Waals surface area contributed by atoms with Crippen LogP contribution in [0.4, 0.5) is 0 Å². The topological polar surface area (TPSA) is 62.6 Å². The van der Waals surface area contributed by atoms with Gasteiger partial charge in [0, 0.05) is 24.7 Å². The lowest BCUT2D eigenvalue weighted by Gasteiger charge is -2.20. The molecule has 5 nitrogen and oxygen atoms in total. The molecular weight excluding hydrogens is 288 g/mol. The molecule has 0 amide bonds. The molecule has 0 aromatic carbocycles. The summed E-state index contributed by atoms with van der Waals surface area (Å²) in [5.74, 6) is 1.62. The second-order valence-electron chi connectivity index (χ2n) is 6.55. The predicted octanol–water partition coefficient (Wildman–Crippen LogP) is 2.26. The molecule has 1 aromatic rings. The van der Waals surface area contributed by atoms with Crippen LogP contribution in [0.3, 0.4) is 0 Å². The maximum atomic E-state index is 12.8. The lowest BCUT2D eigenvalue weighted by atomic mass is 10.1. The number of furan rings is 1. The molecular formula is C15H24N2O3S. The van der Waals surface area contributed by atoms with Crippen molar-refractivity contribution in [3.05, 3.63) is 17.6 Å². The molecule has 1 N–H and O–H groups in total. The summed E-state index contributed by atoms with van der Waals surface area (Å²) in [5, 5.41) is 3.35. The number of hydrogen-bond donors (Lipinski definition) is 1. The third-order valence-electron chi connectivity index (χ3n) is 4.38. The highest BCUT2D eigenvalue weighted by molar-refractivity contribution is 7.89. The molecule has 0 bridgehead atoms. The van der Waals surface area contributed by atoms with E-state index in [0.29, 0.717) is 41.5 Å². The Morgan fingerprint density at radius 3 is 2.67 bits per heavy atom. The molecule has 6 heteroatoms. The number of rotatable bonds is 5. The third kappa shape index (κ3) is 3.03. The smallest absolute Gasteiger partial charge is 0.246 e. The van der Waals surface area contributed by atoms with E-state index in [0.717, 1.165) is 6.42 Å². The normalized spacial score (nSPS) is 27.4. The molecule has 2 unspecified atom stereocenters. The second kappa shape index (κ2) is 5.41. The van der Waals surface area contributed by atoms with Crippen molar-refractivity contribution in [3.8, 4) is 0 Å². The van der Waals surface area contributed by atoms with Gasteiger partial charge >= 0.3 is 0 Å². The number of hydrogen-bond acceptors (Lipinski definition) is 4. The Morgan fingerprint density at radius 1 is 1.38 bits per heavy atom. The van der Waals surface area contributed by atoms with E-state index in [1.54, 1.807) is 17.3 Å². The van der Waals surface area contributed by atoms with Gasteiger partial charge in [-0.1, -0.05) is 6.92 Å². The number of sulfonamides is 1. The maximum Gasteiger partial charge on any atom is 0.246 e. The summed E-state index contributed by atoms with van der Waals surface area (Å²) in [7, 11) is -3.44. The van der Waals surface area contributed by atoms with E-state index in [2.05, 4.69) is 12.2 Å². The first-order valence-corrected chi connectivity index (χ1v) is 9.16. The van der Waals surface area contributed by atoms with Crippen LogP contribution >= 0.6 is 0 Å². The van der Waals surface area contributed by atoms with Crippen molar-refractivity contribution in [2.75, 3.05) is 6.54 Å². The quantitative estimate of drug-likeness (QED) is 0.906. The van der Waals surface area contributed by atoms with Gasteiger partial charge < -0.3 is 9.73 Å². The van der Waals surface area contributed by atoms with Gasteiger partial charge in [-0.3, -0.25) is 0 Å². The molecule has 1 saturated heterocycles. The zero-order valence-corrected chi connectivity index (χ0v) is 13.7. The van der Waals surface area contributed by atoms with Gasteiger partial charge in [0.15, 0.2) is 0 Å². The van der Waals surface area contributed by atoms with E-state index in [-0.39, 0.29) is 6.04 Å². The van der Waals surface area contributed by atoms with Gasteiger partial charge in [0.05, 0.1) is 6.54 Å². The van der Waals surface area contributed by atoms with Gasteiger partial charge in [-0.15, -0.1) is 0 Å². The summed E-state index contributed by atoms with van der Waals surface area (Å²) < 4.78 is 32.9. The van der Waals surface area contributed by atoms with Crippen LogP contribution in [0, 0.1) is 12.8 Å². The Labute approximate surface area is 126 Å². The van der Waals surface area contributed by atoms with Crippen LogP contribution in [0.5, 0.6) is 0 Å². The van der Waals surface area contributed by atoms with Gasteiger partial charge in [-0.05, 0) is 39.0 Å². The molecule has 2 aliphatic rings. The molecule has 1 aromatic heterocycles. The van der Waals surface area contributed by atoms with Gasteiger partial charge in [-0.2, -0.15) is 4.31 Å². The molecule has 118 valence electrons. The monoisotopic (exact) mass is 312 g/mol. The molecule has 3 rings (SSSR count). The molecule has 21 heavy (non-hydrogen) atoms. The second-order valence-corrected chi connectivity index (χ2v) is 8.41. The fourth-order valence-electron chi connectivity index (χ4n) is 3.12. The van der Waals surface area contributed by atoms with E-state index in [1.165, 1.54) is 12.8 Å². The number of aryl methyl sites for hydroxylation is 1. The first-order chi connectivity index (χ1) is 9.88. The first-order valence-electron chi connectivity index (χ1n) is 7.72. The fraction of sp³-hybridized carbons (Fsp3) is 0.733. The zero-order chi connectivity index (χ0) is 15.2. The van der Waals surface area contributed by atoms with Crippen molar-refractivity contribution in [2.24, 2.45) is 5.92 Å². The summed E-state index contributed by atoms with van der Waals surface area (Å²) in [6.45, 7) is 7.01. The summed E-state index contributed by atoms with van der Waals surface area (Å²) in [4.78, 5) is 0.330. The van der Waals surface area contributed by atoms with E-state index < -0.39 is 10.0 Å². The molecule has 1 aliphatic carbocycles. The van der Waals surface area contributed by atoms with E-state index >= 15 is 0 Å². The highest BCUT2D eigenvalue weighted by Gasteiger charge is 2.38. The molecule has 1 saturated carbocycles. The predicted molar refractivity (Wildman–Crippen MR) is 80.4 cm³/mol. The summed E-state index contributed by atoms with van der Waals surface area (Å²) in [6, 6.07) is 2.33. The third-order valence-corrected chi connectivity index (χ3v) is 6.47. The van der Waals surface area contributed by atoms with Crippen molar-refractivity contribution in [1.29, 1.82) is 0 Å². The minimum Gasteiger partial charge on any atom is -0.464 e. The molecule has 0 radical (unpaired) electrons. The molecule has 2 heterocycles. The minimum atomic E-state index is -3.44. The zero-order valence-electron chi connectivity index (χ0n) is 12.9. The summed E-state index contributed by atoms with van der Waals surface area (Å²) >= 11 is 0. The first kappa shape index (κ1) is 15.1. The highest BCUT2D eigenvalue weighted by atomic mass is 32.2. The van der Waals surface area contributed by atoms with Crippen LogP contribution in [0.2, 0.25) is 0 Å². The highest BCUT2D eigenvalue weighted by Crippen LogP contribution is 2.31. The Kier molecular flexibility index (Phi) is 3.88. The van der Waals surface area contributed by atoms with E-state index in [1.807, 2.05) is 6.92 Å². The molecule has 1 aliphatic heterocycles. The Hall–Kier alpha value is -0.850. The van der Waals surface area contributed by atoms with E-state index in [4.69, 9.17) is 4.42 Å². The fourth-order valence-corrected chi connectivity index (χ4v) is 5.07. The van der Waals surface area contributed by atoms with Gasteiger partial charge in [0.1, 0.15) is 16.4 Å². The van der Waals surface area contributed by atoms with Gasteiger partial charge in [0.2, 0.25) is 10.0 Å². The lowest BCUT2D eigenvalue weighted by Crippen LogP contribution is -2.34. The molecule has 2 fully saturated rings. The van der Waals surface area contributed by atoms with Gasteiger partial charge in [0.25, 0.3) is 0 Å². The summed E-state index contributed by atoms with van der Waals surface area (Å²) in [6.07, 6.45) is 3.33.